The van der Waals surface area contributed by atoms with Crippen LogP contribution in [0.15, 0.2) is 42.5 Å². The summed E-state index contributed by atoms with van der Waals surface area (Å²) in [5, 5.41) is 6.35. The van der Waals surface area contributed by atoms with Gasteiger partial charge in [0.2, 0.25) is 0 Å². The molecule has 1 N–H and O–H groups in total. The highest BCUT2D eigenvalue weighted by atomic mass is 14.8. The highest BCUT2D eigenvalue weighted by molar-refractivity contribution is 5.85. The summed E-state index contributed by atoms with van der Waals surface area (Å²) in [7, 11) is 0. The van der Waals surface area contributed by atoms with E-state index in [1.54, 1.807) is 0 Å². The Morgan fingerprint density at radius 1 is 0.950 bits per heavy atom. The van der Waals surface area contributed by atoms with Crippen molar-refractivity contribution in [3.05, 3.63) is 48.0 Å². The van der Waals surface area contributed by atoms with Crippen LogP contribution in [0.1, 0.15) is 44.1 Å². The molecule has 3 rings (SSSR count). The van der Waals surface area contributed by atoms with Crippen molar-refractivity contribution in [1.29, 1.82) is 0 Å². The summed E-state index contributed by atoms with van der Waals surface area (Å²) in [4.78, 5) is 0. The minimum Gasteiger partial charge on any atom is -0.313 e. The maximum atomic E-state index is 3.62. The molecule has 1 aliphatic carbocycles. The van der Waals surface area contributed by atoms with Gasteiger partial charge in [0.05, 0.1) is 0 Å². The zero-order valence-electron chi connectivity index (χ0n) is 12.3. The third-order valence-corrected chi connectivity index (χ3v) is 4.64. The van der Waals surface area contributed by atoms with Crippen LogP contribution in [0.5, 0.6) is 0 Å². The summed E-state index contributed by atoms with van der Waals surface area (Å²) in [5.41, 5.74) is 1.42. The van der Waals surface area contributed by atoms with Crippen LogP contribution in [0, 0.1) is 5.92 Å². The van der Waals surface area contributed by atoms with Crippen LogP contribution < -0.4 is 5.32 Å². The first-order valence-corrected chi connectivity index (χ1v) is 8.11. The fourth-order valence-corrected chi connectivity index (χ4v) is 3.48. The van der Waals surface area contributed by atoms with Gasteiger partial charge in [0.15, 0.2) is 0 Å². The Morgan fingerprint density at radius 2 is 1.75 bits per heavy atom. The number of benzene rings is 2. The van der Waals surface area contributed by atoms with Gasteiger partial charge in [-0.05, 0) is 41.6 Å². The second kappa shape index (κ2) is 6.90. The second-order valence-corrected chi connectivity index (χ2v) is 6.11. The Labute approximate surface area is 122 Å². The first-order valence-electron chi connectivity index (χ1n) is 8.11. The Bertz CT molecular complexity index is 535. The van der Waals surface area contributed by atoms with Crippen molar-refractivity contribution in [2.45, 2.75) is 45.1 Å². The predicted octanol–water partition coefficient (Wildman–Crippen LogP) is 4.90. The van der Waals surface area contributed by atoms with Crippen LogP contribution in [-0.2, 0) is 6.54 Å². The first-order chi connectivity index (χ1) is 9.93. The van der Waals surface area contributed by atoms with Gasteiger partial charge in [-0.1, -0.05) is 68.1 Å². The highest BCUT2D eigenvalue weighted by Gasteiger charge is 2.13. The van der Waals surface area contributed by atoms with Gasteiger partial charge in [0.25, 0.3) is 0 Å². The van der Waals surface area contributed by atoms with E-state index in [-0.39, 0.29) is 0 Å². The summed E-state index contributed by atoms with van der Waals surface area (Å²) in [5.74, 6) is 1.02. The average Bonchev–Trinajstić information content (AvgIpc) is 3.00. The van der Waals surface area contributed by atoms with E-state index >= 15 is 0 Å². The first kappa shape index (κ1) is 13.6. The lowest BCUT2D eigenvalue weighted by Gasteiger charge is -2.10. The van der Waals surface area contributed by atoms with Crippen molar-refractivity contribution in [2.75, 3.05) is 6.54 Å². The molecule has 0 unspecified atom stereocenters. The van der Waals surface area contributed by atoms with Gasteiger partial charge in [-0.15, -0.1) is 0 Å². The molecule has 1 aliphatic rings. The topological polar surface area (TPSA) is 12.0 Å². The van der Waals surface area contributed by atoms with Crippen LogP contribution in [-0.4, -0.2) is 6.54 Å². The van der Waals surface area contributed by atoms with E-state index in [4.69, 9.17) is 0 Å². The van der Waals surface area contributed by atoms with Crippen molar-refractivity contribution in [1.82, 2.24) is 5.32 Å². The highest BCUT2D eigenvalue weighted by Crippen LogP contribution is 2.28. The molecule has 20 heavy (non-hydrogen) atoms. The maximum absolute atomic E-state index is 3.62. The minimum absolute atomic E-state index is 0.992. The molecule has 1 saturated carbocycles. The zero-order chi connectivity index (χ0) is 13.6. The Balaban J connectivity index is 1.47. The van der Waals surface area contributed by atoms with Gasteiger partial charge in [0.1, 0.15) is 0 Å². The number of rotatable bonds is 6. The summed E-state index contributed by atoms with van der Waals surface area (Å²) in [6.07, 6.45) is 8.63. The Hall–Kier alpha value is -1.34. The molecule has 1 nitrogen and oxygen atoms in total. The molecule has 0 amide bonds. The van der Waals surface area contributed by atoms with Gasteiger partial charge in [-0.25, -0.2) is 0 Å². The quantitative estimate of drug-likeness (QED) is 0.734. The fourth-order valence-electron chi connectivity index (χ4n) is 3.48. The third kappa shape index (κ3) is 3.40. The molecule has 2 aromatic carbocycles. The van der Waals surface area contributed by atoms with Gasteiger partial charge < -0.3 is 5.32 Å². The van der Waals surface area contributed by atoms with Crippen LogP contribution in [0.4, 0.5) is 0 Å². The average molecular weight is 267 g/mol. The molecule has 1 fully saturated rings. The number of nitrogens with one attached hydrogen (secondary N) is 1. The summed E-state index contributed by atoms with van der Waals surface area (Å²) >= 11 is 0. The fraction of sp³-hybridized carbons (Fsp3) is 0.474. The molecule has 1 heteroatoms. The Morgan fingerprint density at radius 3 is 2.65 bits per heavy atom. The van der Waals surface area contributed by atoms with Crippen LogP contribution in [0.2, 0.25) is 0 Å². The molecule has 0 saturated heterocycles. The molecule has 2 aromatic rings. The molecule has 0 bridgehead atoms. The SMILES string of the molecule is c1ccc2c(CNCCCC3CCCC3)cccc2c1. The second-order valence-electron chi connectivity index (χ2n) is 6.11. The molecule has 0 aromatic heterocycles. The predicted molar refractivity (Wildman–Crippen MR) is 86.8 cm³/mol. The van der Waals surface area contributed by atoms with Crippen molar-refractivity contribution in [3.63, 3.8) is 0 Å². The van der Waals surface area contributed by atoms with Gasteiger partial charge in [0, 0.05) is 6.54 Å². The summed E-state index contributed by atoms with van der Waals surface area (Å²) < 4.78 is 0. The molecule has 0 aliphatic heterocycles. The van der Waals surface area contributed by atoms with Crippen molar-refractivity contribution in [2.24, 2.45) is 5.92 Å². The van der Waals surface area contributed by atoms with Crippen LogP contribution in [0.25, 0.3) is 10.8 Å². The van der Waals surface area contributed by atoms with Crippen molar-refractivity contribution < 1.29 is 0 Å². The van der Waals surface area contributed by atoms with Gasteiger partial charge in [-0.3, -0.25) is 0 Å². The minimum atomic E-state index is 0.992. The van der Waals surface area contributed by atoms with E-state index in [1.165, 1.54) is 54.9 Å². The lowest BCUT2D eigenvalue weighted by Crippen LogP contribution is -2.15. The lowest BCUT2D eigenvalue weighted by molar-refractivity contribution is 0.470. The van der Waals surface area contributed by atoms with Crippen LogP contribution >= 0.6 is 0 Å². The number of fused-ring (bicyclic) bond motifs is 1. The third-order valence-electron chi connectivity index (χ3n) is 4.64. The molecule has 0 heterocycles. The van der Waals surface area contributed by atoms with Crippen LogP contribution in [0.3, 0.4) is 0 Å². The Kier molecular flexibility index (Phi) is 4.70. The van der Waals surface area contributed by atoms with E-state index < -0.39 is 0 Å². The molecular weight excluding hydrogens is 242 g/mol. The molecule has 0 spiro atoms. The van der Waals surface area contributed by atoms with E-state index in [9.17, 15) is 0 Å². The van der Waals surface area contributed by atoms with Crippen molar-refractivity contribution in [3.8, 4) is 0 Å². The zero-order valence-corrected chi connectivity index (χ0v) is 12.3. The summed E-state index contributed by atoms with van der Waals surface area (Å²) in [6, 6.07) is 15.3. The largest absolute Gasteiger partial charge is 0.313 e. The van der Waals surface area contributed by atoms with E-state index in [2.05, 4.69) is 47.8 Å². The van der Waals surface area contributed by atoms with Gasteiger partial charge >= 0.3 is 0 Å². The standard InChI is InChI=1S/C19H25N/c1-2-8-16(7-1)9-6-14-20-15-18-12-5-11-17-10-3-4-13-19(17)18/h3-5,10-13,16,20H,1-2,6-9,14-15H2. The molecule has 0 atom stereocenters. The normalized spacial score (nSPS) is 16.0. The van der Waals surface area contributed by atoms with E-state index in [1.807, 2.05) is 0 Å². The van der Waals surface area contributed by atoms with E-state index in [0.29, 0.717) is 0 Å². The smallest absolute Gasteiger partial charge is 0.0211 e. The molecule has 106 valence electrons. The molecule has 0 radical (unpaired) electrons. The lowest BCUT2D eigenvalue weighted by atomic mass is 10.0. The van der Waals surface area contributed by atoms with Crippen molar-refractivity contribution >= 4 is 10.8 Å². The summed E-state index contributed by atoms with van der Waals surface area (Å²) in [6.45, 7) is 2.14. The number of hydrogen-bond acceptors (Lipinski definition) is 1. The maximum Gasteiger partial charge on any atom is 0.0211 e. The molecular formula is C19H25N. The number of hydrogen-bond donors (Lipinski definition) is 1. The monoisotopic (exact) mass is 267 g/mol. The van der Waals surface area contributed by atoms with E-state index in [0.717, 1.165) is 19.0 Å². The van der Waals surface area contributed by atoms with Gasteiger partial charge in [-0.2, -0.15) is 0 Å².